The number of amides is 5. The van der Waals surface area contributed by atoms with Crippen molar-refractivity contribution in [1.29, 1.82) is 0 Å². The van der Waals surface area contributed by atoms with Gasteiger partial charge in [0.1, 0.15) is 17.9 Å². The van der Waals surface area contributed by atoms with Crippen LogP contribution < -0.4 is 30.3 Å². The van der Waals surface area contributed by atoms with Crippen molar-refractivity contribution in [3.8, 4) is 11.8 Å². The van der Waals surface area contributed by atoms with E-state index in [4.69, 9.17) is 19.4 Å². The summed E-state index contributed by atoms with van der Waals surface area (Å²) in [4.78, 5) is 77.9. The summed E-state index contributed by atoms with van der Waals surface area (Å²) < 4.78 is 13.8. The highest BCUT2D eigenvalue weighted by atomic mass is 16.5. The van der Waals surface area contributed by atoms with Gasteiger partial charge in [-0.25, -0.2) is 0 Å². The third-order valence-corrected chi connectivity index (χ3v) is 11.5. The van der Waals surface area contributed by atoms with Gasteiger partial charge in [-0.3, -0.25) is 34.2 Å². The van der Waals surface area contributed by atoms with E-state index in [9.17, 15) is 24.0 Å². The number of carbonyl (C=O) groups is 5. The number of carbonyl (C=O) groups excluding carboxylic acids is 5. The third kappa shape index (κ3) is 9.93. The Hall–Kier alpha value is -6.10. The molecule has 0 aliphatic carbocycles. The Morgan fingerprint density at radius 3 is 2.52 bits per heavy atom. The molecule has 3 N–H and O–H groups in total. The van der Waals surface area contributed by atoms with Gasteiger partial charge in [-0.15, -0.1) is 0 Å². The topological polar surface area (TPSA) is 193 Å². The first-order valence-corrected chi connectivity index (χ1v) is 21.3. The highest BCUT2D eigenvalue weighted by Crippen LogP contribution is 2.34. The smallest absolute Gasteiger partial charge is 0.322 e. The maximum atomic E-state index is 13.3. The average molecular weight is 837 g/mol. The minimum atomic E-state index is -1.08. The van der Waals surface area contributed by atoms with Crippen molar-refractivity contribution in [3.63, 3.8) is 0 Å². The number of piperidine rings is 2. The zero-order chi connectivity index (χ0) is 43.2. The highest BCUT2D eigenvalue weighted by molar-refractivity contribution is 6.24. The van der Waals surface area contributed by atoms with Gasteiger partial charge in [-0.1, -0.05) is 44.9 Å². The Balaban J connectivity index is 0.858. The first-order valence-electron chi connectivity index (χ1n) is 21.3. The van der Waals surface area contributed by atoms with Crippen molar-refractivity contribution < 1.29 is 33.4 Å². The molecule has 5 amide bonds. The van der Waals surface area contributed by atoms with Gasteiger partial charge >= 0.3 is 6.01 Å². The van der Waals surface area contributed by atoms with Crippen LogP contribution in [0.15, 0.2) is 42.6 Å². The van der Waals surface area contributed by atoms with E-state index in [0.29, 0.717) is 25.0 Å². The Morgan fingerprint density at radius 1 is 0.984 bits per heavy atom. The van der Waals surface area contributed by atoms with Crippen LogP contribution in [0.4, 0.5) is 11.6 Å². The Bertz CT molecular complexity index is 2280. The summed E-state index contributed by atoms with van der Waals surface area (Å²) in [6.45, 7) is 6.91. The summed E-state index contributed by atoms with van der Waals surface area (Å²) >= 11 is 0. The quantitative estimate of drug-likeness (QED) is 0.0960. The van der Waals surface area contributed by atoms with E-state index in [2.05, 4.69) is 69.9 Å². The fourth-order valence-electron chi connectivity index (χ4n) is 8.04. The number of anilines is 2. The second-order valence-electron chi connectivity index (χ2n) is 16.6. The molecule has 2 aromatic carbocycles. The molecule has 2 fully saturated rings. The molecule has 0 spiro atoms. The summed E-state index contributed by atoms with van der Waals surface area (Å²) in [5.74, 6) is -1.88. The maximum Gasteiger partial charge on any atom is 0.322 e. The standard InChI is InChI=1S/C44H56N10O7/c1-27(2)32-25-47-54-39(32)49-44(61-30-18-21-52(5)22-19-30)50-43(54)46-24-29-15-14-28(23-34(29)51(3)4)11-8-6-7-9-20-45-37(56)26-60-35-13-10-12-31-38(35)42(59)53(41(31)58)33-16-17-36(55)48-40(33)57/h10,12-15,23,25,27,30,33H,6-9,11,16-22,24,26H2,1-5H3,(H,45,56)(H,46,49,50)(H,48,55,57). The summed E-state index contributed by atoms with van der Waals surface area (Å²) in [7, 11) is 6.22. The van der Waals surface area contributed by atoms with Gasteiger partial charge in [0, 0.05) is 57.9 Å². The monoisotopic (exact) mass is 836 g/mol. The normalized spacial score (nSPS) is 17.2. The number of unbranched alkanes of at least 4 members (excludes halogenated alkanes) is 3. The van der Waals surface area contributed by atoms with Gasteiger partial charge in [0.15, 0.2) is 12.3 Å². The summed E-state index contributed by atoms with van der Waals surface area (Å²) in [5.41, 5.74) is 5.39. The molecule has 324 valence electrons. The molecule has 0 radical (unpaired) electrons. The largest absolute Gasteiger partial charge is 0.483 e. The molecule has 3 aliphatic rings. The molecule has 17 heteroatoms. The van der Waals surface area contributed by atoms with Crippen LogP contribution in [0.2, 0.25) is 0 Å². The van der Waals surface area contributed by atoms with Crippen molar-refractivity contribution in [2.45, 2.75) is 96.2 Å². The first-order chi connectivity index (χ1) is 29.4. The minimum absolute atomic E-state index is 0.00933. The van der Waals surface area contributed by atoms with Crippen LogP contribution in [0.5, 0.6) is 11.8 Å². The second-order valence-corrected chi connectivity index (χ2v) is 16.6. The molecule has 7 rings (SSSR count). The number of aryl methyl sites for hydroxylation is 1. The van der Waals surface area contributed by atoms with Crippen LogP contribution >= 0.6 is 0 Å². The number of ether oxygens (including phenoxy) is 2. The SMILES string of the molecule is CC(C)c1cnn2c(NCc3ccc(CCCCCCNC(=O)COc4cccc5c4C(=O)N(C4CCC(=O)NC4=O)C5=O)cc3N(C)C)nc(OC3CCN(C)CC3)nc12. The molecular formula is C44H56N10O7. The summed E-state index contributed by atoms with van der Waals surface area (Å²) in [5, 5.41) is 13.2. The van der Waals surface area contributed by atoms with Crippen molar-refractivity contribution in [3.05, 3.63) is 70.4 Å². The van der Waals surface area contributed by atoms with E-state index >= 15 is 0 Å². The van der Waals surface area contributed by atoms with Crippen LogP contribution in [-0.4, -0.2) is 118 Å². The van der Waals surface area contributed by atoms with Crippen molar-refractivity contribution in [2.24, 2.45) is 0 Å². The van der Waals surface area contributed by atoms with E-state index in [1.807, 2.05) is 20.3 Å². The van der Waals surface area contributed by atoms with Gasteiger partial charge in [-0.05, 0) is 80.8 Å². The number of nitrogens with zero attached hydrogens (tertiary/aromatic N) is 7. The Morgan fingerprint density at radius 2 is 1.77 bits per heavy atom. The number of likely N-dealkylation sites (tertiary alicyclic amines) is 1. The lowest BCUT2D eigenvalue weighted by molar-refractivity contribution is -0.136. The number of rotatable bonds is 18. The van der Waals surface area contributed by atoms with Gasteiger partial charge in [0.05, 0.1) is 17.3 Å². The van der Waals surface area contributed by atoms with Gasteiger partial charge < -0.3 is 29.9 Å². The van der Waals surface area contributed by atoms with Crippen LogP contribution in [0, 0.1) is 0 Å². The second kappa shape index (κ2) is 19.1. The van der Waals surface area contributed by atoms with Crippen molar-refractivity contribution in [2.75, 3.05) is 57.6 Å². The lowest BCUT2D eigenvalue weighted by atomic mass is 10.0. The number of imide groups is 2. The predicted octanol–water partition coefficient (Wildman–Crippen LogP) is 4.10. The van der Waals surface area contributed by atoms with Gasteiger partial charge in [0.25, 0.3) is 17.7 Å². The molecule has 0 bridgehead atoms. The Kier molecular flexibility index (Phi) is 13.5. The number of nitrogens with one attached hydrogen (secondary N) is 3. The van der Waals surface area contributed by atoms with E-state index in [1.165, 1.54) is 17.7 Å². The highest BCUT2D eigenvalue weighted by Gasteiger charge is 2.46. The molecule has 3 aliphatic heterocycles. The number of benzene rings is 2. The molecular weight excluding hydrogens is 781 g/mol. The number of aromatic nitrogens is 4. The number of hydrogen-bond acceptors (Lipinski definition) is 13. The Labute approximate surface area is 355 Å². The number of hydrogen-bond donors (Lipinski definition) is 3. The summed E-state index contributed by atoms with van der Waals surface area (Å²) in [6, 6.07) is 10.4. The molecule has 2 saturated heterocycles. The molecule has 0 saturated carbocycles. The molecule has 5 heterocycles. The number of fused-ring (bicyclic) bond motifs is 2. The summed E-state index contributed by atoms with van der Waals surface area (Å²) in [6.07, 6.45) is 8.54. The maximum absolute atomic E-state index is 13.3. The van der Waals surface area contributed by atoms with Crippen molar-refractivity contribution in [1.82, 2.24) is 40.0 Å². The third-order valence-electron chi connectivity index (χ3n) is 11.5. The average Bonchev–Trinajstić information content (AvgIpc) is 3.78. The van der Waals surface area contributed by atoms with Crippen LogP contribution in [-0.2, 0) is 27.3 Å². The van der Waals surface area contributed by atoms with E-state index in [0.717, 1.165) is 85.4 Å². The van der Waals surface area contributed by atoms with Crippen LogP contribution in [0.1, 0.15) is 109 Å². The fourth-order valence-corrected chi connectivity index (χ4v) is 8.04. The van der Waals surface area contributed by atoms with Gasteiger partial charge in [-0.2, -0.15) is 19.6 Å². The molecule has 1 atom stereocenters. The molecule has 61 heavy (non-hydrogen) atoms. The van der Waals surface area contributed by atoms with Gasteiger partial charge in [0.2, 0.25) is 17.8 Å². The van der Waals surface area contributed by atoms with Crippen LogP contribution in [0.25, 0.3) is 5.65 Å². The zero-order valence-corrected chi connectivity index (χ0v) is 35.7. The van der Waals surface area contributed by atoms with Crippen molar-refractivity contribution >= 4 is 46.8 Å². The molecule has 4 aromatic rings. The molecule has 2 aromatic heterocycles. The molecule has 17 nitrogen and oxygen atoms in total. The van der Waals surface area contributed by atoms with E-state index < -0.39 is 29.7 Å². The predicted molar refractivity (Wildman–Crippen MR) is 228 cm³/mol. The van der Waals surface area contributed by atoms with Crippen LogP contribution in [0.3, 0.4) is 0 Å². The lowest BCUT2D eigenvalue weighted by Crippen LogP contribution is -2.54. The fraction of sp³-hybridized carbons (Fsp3) is 0.500. The first kappa shape index (κ1) is 43.0. The zero-order valence-electron chi connectivity index (χ0n) is 35.7. The minimum Gasteiger partial charge on any atom is -0.483 e. The van der Waals surface area contributed by atoms with E-state index in [-0.39, 0.29) is 54.3 Å². The van der Waals surface area contributed by atoms with E-state index in [1.54, 1.807) is 10.6 Å². The molecule has 1 unspecified atom stereocenters. The lowest BCUT2D eigenvalue weighted by Gasteiger charge is -2.28.